The molecule has 0 radical (unpaired) electrons. The highest BCUT2D eigenvalue weighted by atomic mass is 32.2. The Bertz CT molecular complexity index is 1250. The summed E-state index contributed by atoms with van der Waals surface area (Å²) in [7, 11) is -3.57. The first-order valence-electron chi connectivity index (χ1n) is 9.08. The van der Waals surface area contributed by atoms with Gasteiger partial charge in [0.25, 0.3) is 0 Å². The number of Topliss-reactive ketones (excluding diaryl/α,β-unsaturated/α-hetero) is 1. The maximum atomic E-state index is 12.7. The molecule has 0 aliphatic carbocycles. The van der Waals surface area contributed by atoms with Crippen LogP contribution in [0.4, 0.5) is 0 Å². The first-order chi connectivity index (χ1) is 14.5. The van der Waals surface area contributed by atoms with Crippen LogP contribution < -0.4 is 0 Å². The highest BCUT2D eigenvalue weighted by Gasteiger charge is 2.17. The van der Waals surface area contributed by atoms with E-state index in [1.807, 2.05) is 18.2 Å². The Morgan fingerprint density at radius 2 is 1.43 bits per heavy atom. The fraction of sp³-hybridized carbons (Fsp3) is 0.0455. The summed E-state index contributed by atoms with van der Waals surface area (Å²) in [6.45, 7) is 0. The number of rotatable bonds is 7. The summed E-state index contributed by atoms with van der Waals surface area (Å²) in [6, 6.07) is 23.8. The number of hydrogen-bond donors (Lipinski definition) is 1. The highest BCUT2D eigenvalue weighted by molar-refractivity contribution is 7.99. The number of nitrogens with one attached hydrogen (secondary N) is 1. The molecular weight excluding hydrogens is 418 g/mol. The second-order valence-electron chi connectivity index (χ2n) is 6.39. The zero-order chi connectivity index (χ0) is 21.0. The van der Waals surface area contributed by atoms with Crippen molar-refractivity contribution in [2.45, 2.75) is 14.9 Å². The number of thioether (sulfide) groups is 1. The van der Waals surface area contributed by atoms with E-state index in [9.17, 15) is 13.2 Å². The van der Waals surface area contributed by atoms with Gasteiger partial charge in [0, 0.05) is 11.1 Å². The van der Waals surface area contributed by atoms with Gasteiger partial charge in [-0.05, 0) is 36.4 Å². The van der Waals surface area contributed by atoms with E-state index in [0.29, 0.717) is 22.1 Å². The van der Waals surface area contributed by atoms with Crippen LogP contribution in [0.5, 0.6) is 0 Å². The molecule has 0 saturated carbocycles. The maximum absolute atomic E-state index is 12.7. The van der Waals surface area contributed by atoms with Gasteiger partial charge in [-0.25, -0.2) is 13.4 Å². The molecule has 6 nitrogen and oxygen atoms in total. The molecule has 0 saturated heterocycles. The fourth-order valence-electron chi connectivity index (χ4n) is 2.81. The highest BCUT2D eigenvalue weighted by Crippen LogP contribution is 2.24. The molecule has 0 bridgehead atoms. The van der Waals surface area contributed by atoms with Gasteiger partial charge in [0.05, 0.1) is 15.5 Å². The summed E-state index contributed by atoms with van der Waals surface area (Å²) in [4.78, 5) is 17.0. The summed E-state index contributed by atoms with van der Waals surface area (Å²) in [5, 5.41) is 7.42. The molecule has 1 heterocycles. The third-order valence-corrected chi connectivity index (χ3v) is 7.02. The Hall–Kier alpha value is -3.23. The zero-order valence-corrected chi connectivity index (χ0v) is 17.4. The van der Waals surface area contributed by atoms with Crippen molar-refractivity contribution in [2.75, 3.05) is 5.75 Å². The lowest BCUT2D eigenvalue weighted by Crippen LogP contribution is -2.02. The molecular formula is C22H17N3O3S2. The normalized spacial score (nSPS) is 11.3. The Morgan fingerprint density at radius 3 is 2.10 bits per heavy atom. The predicted octanol–water partition coefficient (Wildman–Crippen LogP) is 4.28. The number of benzene rings is 3. The molecule has 150 valence electrons. The summed E-state index contributed by atoms with van der Waals surface area (Å²) < 4.78 is 25.4. The molecule has 4 rings (SSSR count). The molecule has 1 aromatic heterocycles. The summed E-state index contributed by atoms with van der Waals surface area (Å²) in [5.41, 5.74) is 1.35. The van der Waals surface area contributed by atoms with Crippen LogP contribution in [-0.4, -0.2) is 35.1 Å². The molecule has 0 unspecified atom stereocenters. The van der Waals surface area contributed by atoms with Gasteiger partial charge in [0.1, 0.15) is 0 Å². The quantitative estimate of drug-likeness (QED) is 0.344. The van der Waals surface area contributed by atoms with Crippen LogP contribution in [0.25, 0.3) is 11.4 Å². The molecule has 0 atom stereocenters. The lowest BCUT2D eigenvalue weighted by atomic mass is 10.2. The van der Waals surface area contributed by atoms with Crippen LogP contribution in [0.2, 0.25) is 0 Å². The van der Waals surface area contributed by atoms with E-state index in [-0.39, 0.29) is 21.3 Å². The van der Waals surface area contributed by atoms with Gasteiger partial charge >= 0.3 is 0 Å². The summed E-state index contributed by atoms with van der Waals surface area (Å²) >= 11 is 1.24. The second kappa shape index (κ2) is 8.64. The molecule has 1 N–H and O–H groups in total. The van der Waals surface area contributed by atoms with Crippen molar-refractivity contribution in [2.24, 2.45) is 0 Å². The van der Waals surface area contributed by atoms with E-state index in [1.54, 1.807) is 66.7 Å². The van der Waals surface area contributed by atoms with E-state index in [2.05, 4.69) is 15.2 Å². The van der Waals surface area contributed by atoms with Crippen LogP contribution in [0.1, 0.15) is 10.4 Å². The van der Waals surface area contributed by atoms with Crippen molar-refractivity contribution in [3.63, 3.8) is 0 Å². The topological polar surface area (TPSA) is 92.8 Å². The van der Waals surface area contributed by atoms with Crippen LogP contribution in [0.3, 0.4) is 0 Å². The number of sulfone groups is 1. The Morgan fingerprint density at radius 1 is 0.833 bits per heavy atom. The van der Waals surface area contributed by atoms with Gasteiger partial charge < -0.3 is 0 Å². The van der Waals surface area contributed by atoms with Gasteiger partial charge in [-0.1, -0.05) is 60.3 Å². The molecule has 4 aromatic rings. The lowest BCUT2D eigenvalue weighted by molar-refractivity contribution is 0.102. The molecule has 0 aliphatic rings. The number of aromatic amines is 1. The molecule has 0 aliphatic heterocycles. The van der Waals surface area contributed by atoms with Crippen molar-refractivity contribution in [1.29, 1.82) is 0 Å². The average molecular weight is 436 g/mol. The van der Waals surface area contributed by atoms with E-state index in [0.717, 1.165) is 0 Å². The summed E-state index contributed by atoms with van der Waals surface area (Å²) in [5.74, 6) is 0.742. The van der Waals surface area contributed by atoms with Crippen LogP contribution in [0.15, 0.2) is 99.9 Å². The van der Waals surface area contributed by atoms with Crippen molar-refractivity contribution >= 4 is 27.4 Å². The van der Waals surface area contributed by atoms with Crippen LogP contribution in [-0.2, 0) is 9.84 Å². The minimum absolute atomic E-state index is 0.00224. The predicted molar refractivity (Wildman–Crippen MR) is 115 cm³/mol. The number of H-pyrrole nitrogens is 1. The van der Waals surface area contributed by atoms with Crippen molar-refractivity contribution < 1.29 is 13.2 Å². The molecule has 0 amide bonds. The fourth-order valence-corrected chi connectivity index (χ4v) is 4.78. The van der Waals surface area contributed by atoms with Gasteiger partial charge in [-0.3, -0.25) is 9.89 Å². The van der Waals surface area contributed by atoms with Crippen LogP contribution in [0, 0.1) is 0 Å². The first kappa shape index (κ1) is 20.1. The molecule has 8 heteroatoms. The number of carbonyl (C=O) groups excluding carboxylic acids is 1. The zero-order valence-electron chi connectivity index (χ0n) is 15.7. The standard InChI is InChI=1S/C22H17N3O3S2/c26-20(16-7-3-1-4-8-16)15-29-22-23-21(24-25-22)17-11-13-19(14-12-17)30(27,28)18-9-5-2-6-10-18/h1-14H,15H2,(H,23,24,25). The smallest absolute Gasteiger partial charge is 0.209 e. The Balaban J connectivity index is 1.46. The number of hydrogen-bond acceptors (Lipinski definition) is 6. The number of nitrogens with zero attached hydrogens (tertiary/aromatic N) is 2. The first-order valence-corrected chi connectivity index (χ1v) is 11.5. The third kappa shape index (κ3) is 4.34. The van der Waals surface area contributed by atoms with E-state index in [4.69, 9.17) is 0 Å². The molecule has 30 heavy (non-hydrogen) atoms. The van der Waals surface area contributed by atoms with Crippen molar-refractivity contribution in [3.8, 4) is 11.4 Å². The Kier molecular flexibility index (Phi) is 5.78. The molecule has 0 fully saturated rings. The van der Waals surface area contributed by atoms with E-state index >= 15 is 0 Å². The van der Waals surface area contributed by atoms with Crippen molar-refractivity contribution in [1.82, 2.24) is 15.2 Å². The van der Waals surface area contributed by atoms with Gasteiger partial charge in [-0.2, -0.15) is 0 Å². The Labute approximate surface area is 178 Å². The third-order valence-electron chi connectivity index (χ3n) is 4.38. The second-order valence-corrected chi connectivity index (χ2v) is 9.28. The maximum Gasteiger partial charge on any atom is 0.209 e. The number of aromatic nitrogens is 3. The van der Waals surface area contributed by atoms with Crippen LogP contribution >= 0.6 is 11.8 Å². The molecule has 0 spiro atoms. The number of ketones is 1. The van der Waals surface area contributed by atoms with Gasteiger partial charge in [0.15, 0.2) is 11.6 Å². The SMILES string of the molecule is O=C(CSc1n[nH]c(-c2ccc(S(=O)(=O)c3ccccc3)cc2)n1)c1ccccc1. The average Bonchev–Trinajstić information content (AvgIpc) is 3.28. The molecule has 3 aromatic carbocycles. The van der Waals surface area contributed by atoms with E-state index in [1.165, 1.54) is 11.8 Å². The summed E-state index contributed by atoms with van der Waals surface area (Å²) in [6.07, 6.45) is 0. The van der Waals surface area contributed by atoms with Gasteiger partial charge in [-0.15, -0.1) is 5.10 Å². The minimum atomic E-state index is -3.57. The van der Waals surface area contributed by atoms with Crippen molar-refractivity contribution in [3.05, 3.63) is 90.5 Å². The minimum Gasteiger partial charge on any atom is -0.293 e. The van der Waals surface area contributed by atoms with E-state index < -0.39 is 9.84 Å². The number of carbonyl (C=O) groups is 1. The monoisotopic (exact) mass is 435 g/mol. The largest absolute Gasteiger partial charge is 0.293 e. The lowest BCUT2D eigenvalue weighted by Gasteiger charge is -2.05. The van der Waals surface area contributed by atoms with Gasteiger partial charge in [0.2, 0.25) is 15.0 Å².